The number of aryl methyl sites for hydroxylation is 1. The first-order chi connectivity index (χ1) is 15.3. The second-order valence-electron chi connectivity index (χ2n) is 7.76. The van der Waals surface area contributed by atoms with Gasteiger partial charge in [-0.05, 0) is 44.0 Å². The van der Waals surface area contributed by atoms with Crippen LogP contribution in [0.3, 0.4) is 0 Å². The average molecular weight is 473 g/mol. The van der Waals surface area contributed by atoms with E-state index < -0.39 is 10.0 Å². The maximum atomic E-state index is 12.9. The molecule has 1 saturated heterocycles. The molecule has 8 nitrogen and oxygen atoms in total. The third-order valence-corrected chi connectivity index (χ3v) is 8.73. The number of Topliss-reactive ketones (excluding diaryl/α,β-unsaturated/α-hetero) is 1. The molecule has 0 saturated carbocycles. The molecule has 2 aromatic carbocycles. The highest BCUT2D eigenvalue weighted by molar-refractivity contribution is 7.89. The average Bonchev–Trinajstić information content (AvgIpc) is 3.13. The molecular weight excluding hydrogens is 448 g/mol. The Labute approximate surface area is 190 Å². The summed E-state index contributed by atoms with van der Waals surface area (Å²) in [4.78, 5) is 24.9. The van der Waals surface area contributed by atoms with Crippen LogP contribution in [0.15, 0.2) is 58.5 Å². The summed E-state index contributed by atoms with van der Waals surface area (Å²) < 4.78 is 30.2. The van der Waals surface area contributed by atoms with Crippen LogP contribution < -0.4 is 10.2 Å². The standard InChI is InChI=1S/C22H24N4O4S2/c1-15(27)16-7-9-18(10-8-16)32(29,30)26-13-11-17(12-14-26)21(28)23-24-22-25(2)19-5-3-4-6-20(19)31-22/h3-10,17H,11-14H2,1-2H3,(H,23,28)/b24-22-. The number of rotatable bonds is 5. The van der Waals surface area contributed by atoms with Crippen LogP contribution in [0.25, 0.3) is 10.2 Å². The van der Waals surface area contributed by atoms with E-state index in [1.807, 2.05) is 35.9 Å². The van der Waals surface area contributed by atoms with Gasteiger partial charge in [-0.25, -0.2) is 13.8 Å². The molecule has 168 valence electrons. The molecule has 0 aliphatic carbocycles. The van der Waals surface area contributed by atoms with Crippen molar-refractivity contribution < 1.29 is 18.0 Å². The van der Waals surface area contributed by atoms with Crippen molar-refractivity contribution in [2.24, 2.45) is 18.1 Å². The van der Waals surface area contributed by atoms with Crippen molar-refractivity contribution in [2.45, 2.75) is 24.7 Å². The van der Waals surface area contributed by atoms with Crippen LogP contribution in [0.5, 0.6) is 0 Å². The second kappa shape index (κ2) is 8.97. The summed E-state index contributed by atoms with van der Waals surface area (Å²) in [5.41, 5.74) is 4.16. The van der Waals surface area contributed by atoms with Crippen molar-refractivity contribution in [1.29, 1.82) is 0 Å². The zero-order valence-corrected chi connectivity index (χ0v) is 19.4. The van der Waals surface area contributed by atoms with Crippen LogP contribution >= 0.6 is 11.3 Å². The minimum atomic E-state index is -3.66. The molecule has 3 aromatic rings. The Kier molecular flexibility index (Phi) is 6.27. The van der Waals surface area contributed by atoms with Crippen LogP contribution in [0, 0.1) is 5.92 Å². The predicted octanol–water partition coefficient (Wildman–Crippen LogP) is 2.48. The van der Waals surface area contributed by atoms with Gasteiger partial charge in [0.25, 0.3) is 0 Å². The Hall–Kier alpha value is -2.82. The fourth-order valence-electron chi connectivity index (χ4n) is 3.75. The first-order valence-corrected chi connectivity index (χ1v) is 12.5. The van der Waals surface area contributed by atoms with Gasteiger partial charge in [0, 0.05) is 31.6 Å². The summed E-state index contributed by atoms with van der Waals surface area (Å²) in [6.45, 7) is 1.95. The molecule has 1 aromatic heterocycles. The minimum Gasteiger partial charge on any atom is -0.318 e. The molecule has 0 radical (unpaired) electrons. The number of piperidine rings is 1. The number of benzene rings is 2. The Morgan fingerprint density at radius 1 is 1.06 bits per heavy atom. The highest BCUT2D eigenvalue weighted by Gasteiger charge is 2.32. The zero-order valence-electron chi connectivity index (χ0n) is 17.8. The van der Waals surface area contributed by atoms with Gasteiger partial charge in [0.05, 0.1) is 15.1 Å². The molecule has 1 amide bonds. The summed E-state index contributed by atoms with van der Waals surface area (Å²) in [6.07, 6.45) is 0.843. The van der Waals surface area contributed by atoms with Crippen molar-refractivity contribution in [2.75, 3.05) is 13.1 Å². The molecule has 1 fully saturated rings. The van der Waals surface area contributed by atoms with E-state index in [1.165, 1.54) is 46.8 Å². The van der Waals surface area contributed by atoms with Crippen molar-refractivity contribution in [1.82, 2.24) is 14.3 Å². The van der Waals surface area contributed by atoms with Crippen molar-refractivity contribution >= 4 is 43.3 Å². The summed E-state index contributed by atoms with van der Waals surface area (Å²) in [5, 5.41) is 4.28. The van der Waals surface area contributed by atoms with E-state index >= 15 is 0 Å². The number of carbonyl (C=O) groups excluding carboxylic acids is 2. The number of aromatic nitrogens is 1. The Morgan fingerprint density at radius 3 is 2.34 bits per heavy atom. The fraction of sp³-hybridized carbons (Fsp3) is 0.318. The van der Waals surface area contributed by atoms with Crippen molar-refractivity contribution in [3.63, 3.8) is 0 Å². The molecule has 0 bridgehead atoms. The molecule has 0 spiro atoms. The quantitative estimate of drug-likeness (QED) is 0.455. The van der Waals surface area contributed by atoms with E-state index in [9.17, 15) is 18.0 Å². The topological polar surface area (TPSA) is 101 Å². The number of ketones is 1. The molecule has 2 heterocycles. The number of hydrogen-bond donors (Lipinski definition) is 1. The lowest BCUT2D eigenvalue weighted by molar-refractivity contribution is -0.126. The third-order valence-electron chi connectivity index (χ3n) is 5.70. The number of para-hydroxylation sites is 1. The molecule has 32 heavy (non-hydrogen) atoms. The lowest BCUT2D eigenvalue weighted by Gasteiger charge is -2.30. The summed E-state index contributed by atoms with van der Waals surface area (Å²) in [7, 11) is -1.77. The molecule has 0 unspecified atom stereocenters. The molecule has 10 heteroatoms. The van der Waals surface area contributed by atoms with Crippen LogP contribution in [0.2, 0.25) is 0 Å². The molecule has 1 aliphatic heterocycles. The van der Waals surface area contributed by atoms with Crippen molar-refractivity contribution in [3.05, 3.63) is 58.9 Å². The Morgan fingerprint density at radius 2 is 1.72 bits per heavy atom. The third kappa shape index (κ3) is 4.38. The lowest BCUT2D eigenvalue weighted by atomic mass is 9.98. The van der Waals surface area contributed by atoms with Crippen molar-refractivity contribution in [3.8, 4) is 0 Å². The van der Waals surface area contributed by atoms with Gasteiger partial charge in [-0.3, -0.25) is 9.59 Å². The number of sulfonamides is 1. The maximum Gasteiger partial charge on any atom is 0.243 e. The largest absolute Gasteiger partial charge is 0.318 e. The number of amides is 1. The van der Waals surface area contributed by atoms with Crippen LogP contribution in [-0.4, -0.2) is 42.1 Å². The highest BCUT2D eigenvalue weighted by atomic mass is 32.2. The summed E-state index contributed by atoms with van der Waals surface area (Å²) >= 11 is 1.49. The molecule has 0 atom stereocenters. The lowest BCUT2D eigenvalue weighted by Crippen LogP contribution is -2.42. The Bertz CT molecular complexity index is 1330. The molecule has 1 N–H and O–H groups in total. The van der Waals surface area contributed by atoms with Gasteiger partial charge in [-0.2, -0.15) is 4.31 Å². The van der Waals surface area contributed by atoms with Gasteiger partial charge in [-0.1, -0.05) is 35.6 Å². The van der Waals surface area contributed by atoms with E-state index in [-0.39, 0.29) is 35.6 Å². The predicted molar refractivity (Wildman–Crippen MR) is 122 cm³/mol. The van der Waals surface area contributed by atoms with Gasteiger partial charge in [-0.15, -0.1) is 5.10 Å². The Balaban J connectivity index is 1.40. The minimum absolute atomic E-state index is 0.115. The molecular formula is C22H24N4O4S2. The maximum absolute atomic E-state index is 12.9. The first kappa shape index (κ1) is 22.4. The van der Waals surface area contributed by atoms with Crippen LogP contribution in [0.1, 0.15) is 30.1 Å². The van der Waals surface area contributed by atoms with Crippen LogP contribution in [-0.2, 0) is 21.9 Å². The zero-order chi connectivity index (χ0) is 22.9. The number of nitrogens with one attached hydrogen (secondary N) is 1. The number of nitrogens with zero attached hydrogens (tertiary/aromatic N) is 3. The fourth-order valence-corrected chi connectivity index (χ4v) is 6.20. The van der Waals surface area contributed by atoms with Gasteiger partial charge < -0.3 is 4.57 Å². The van der Waals surface area contributed by atoms with E-state index in [2.05, 4.69) is 10.5 Å². The number of thiazole rings is 1. The molecule has 4 rings (SSSR count). The van der Waals surface area contributed by atoms with Gasteiger partial charge >= 0.3 is 0 Å². The summed E-state index contributed by atoms with van der Waals surface area (Å²) in [5.74, 6) is -0.620. The first-order valence-electron chi connectivity index (χ1n) is 10.3. The number of hydrogen-bond acceptors (Lipinski definition) is 6. The number of carbonyl (C=O) groups is 2. The van der Waals surface area contributed by atoms with E-state index in [0.717, 1.165) is 10.2 Å². The summed E-state index contributed by atoms with van der Waals surface area (Å²) in [6, 6.07) is 13.9. The van der Waals surface area contributed by atoms with E-state index in [1.54, 1.807) is 0 Å². The SMILES string of the molecule is CC(=O)c1ccc(S(=O)(=O)N2CCC(C(=O)N/N=c3\sc4ccccc4n3C)CC2)cc1. The molecule has 1 aliphatic rings. The van der Waals surface area contributed by atoms with Gasteiger partial charge in [0.2, 0.25) is 20.7 Å². The smallest absolute Gasteiger partial charge is 0.243 e. The monoisotopic (exact) mass is 472 g/mol. The van der Waals surface area contributed by atoms with Crippen LogP contribution in [0.4, 0.5) is 0 Å². The highest BCUT2D eigenvalue weighted by Crippen LogP contribution is 2.24. The second-order valence-corrected chi connectivity index (χ2v) is 10.7. The normalized spacial score (nSPS) is 16.4. The van der Waals surface area contributed by atoms with E-state index in [0.29, 0.717) is 23.2 Å². The van der Waals surface area contributed by atoms with Gasteiger partial charge in [0.15, 0.2) is 5.78 Å². The van der Waals surface area contributed by atoms with Gasteiger partial charge in [0.1, 0.15) is 0 Å². The number of fused-ring (bicyclic) bond motifs is 1. The van der Waals surface area contributed by atoms with E-state index in [4.69, 9.17) is 0 Å².